The number of hydrogen-bond acceptors (Lipinski definition) is 4. The molecule has 0 radical (unpaired) electrons. The van der Waals surface area contributed by atoms with E-state index in [1.54, 1.807) is 12.1 Å². The van der Waals surface area contributed by atoms with Crippen LogP contribution in [0.4, 0.5) is 0 Å². The minimum Gasteiger partial charge on any atom is -0.507 e. The maximum Gasteiger partial charge on any atom is 0.240 e. The minimum atomic E-state index is -3.53. The van der Waals surface area contributed by atoms with Crippen molar-refractivity contribution in [1.82, 2.24) is 4.72 Å². The topological polar surface area (TPSA) is 79.5 Å². The Hall–Kier alpha value is -1.79. The van der Waals surface area contributed by atoms with E-state index in [-0.39, 0.29) is 10.6 Å². The summed E-state index contributed by atoms with van der Waals surface area (Å²) in [7, 11) is -2.20. The van der Waals surface area contributed by atoms with Crippen LogP contribution in [0.2, 0.25) is 0 Å². The molecule has 0 saturated carbocycles. The maximum atomic E-state index is 11.6. The standard InChI is InChI=1S/C11H11NO4S/c1-12-17(14,15)8-4-5-10(13)9(7-8)11-3-2-6-16-11/h2-7,12-13H,1H3. The Kier molecular flexibility index (Phi) is 2.91. The van der Waals surface area contributed by atoms with Crippen LogP contribution in [-0.4, -0.2) is 20.6 Å². The van der Waals surface area contributed by atoms with Crippen LogP contribution in [0.5, 0.6) is 5.75 Å². The summed E-state index contributed by atoms with van der Waals surface area (Å²) in [5.41, 5.74) is 0.339. The molecule has 1 aromatic heterocycles. The van der Waals surface area contributed by atoms with E-state index in [0.717, 1.165) is 0 Å². The van der Waals surface area contributed by atoms with Gasteiger partial charge >= 0.3 is 0 Å². The molecule has 90 valence electrons. The third kappa shape index (κ3) is 2.17. The molecule has 2 N–H and O–H groups in total. The molecule has 1 aromatic carbocycles. The van der Waals surface area contributed by atoms with Gasteiger partial charge in [0.2, 0.25) is 10.0 Å². The Morgan fingerprint density at radius 2 is 2.06 bits per heavy atom. The molecule has 0 saturated heterocycles. The Morgan fingerprint density at radius 1 is 1.29 bits per heavy atom. The van der Waals surface area contributed by atoms with Crippen LogP contribution in [0.15, 0.2) is 45.9 Å². The summed E-state index contributed by atoms with van der Waals surface area (Å²) < 4.78 is 30.6. The van der Waals surface area contributed by atoms with Crippen molar-refractivity contribution in [2.45, 2.75) is 4.90 Å². The van der Waals surface area contributed by atoms with Crippen LogP contribution in [-0.2, 0) is 10.0 Å². The second-order valence-electron chi connectivity index (χ2n) is 3.36. The average Bonchev–Trinajstić information content (AvgIpc) is 2.83. The number of furan rings is 1. The first-order valence-corrected chi connectivity index (χ1v) is 6.33. The van der Waals surface area contributed by atoms with Crippen molar-refractivity contribution in [2.75, 3.05) is 7.05 Å². The molecule has 1 heterocycles. The van der Waals surface area contributed by atoms with Crippen LogP contribution < -0.4 is 4.72 Å². The summed E-state index contributed by atoms with van der Waals surface area (Å²) in [5.74, 6) is 0.380. The van der Waals surface area contributed by atoms with E-state index in [1.807, 2.05) is 0 Å². The largest absolute Gasteiger partial charge is 0.507 e. The molecule has 0 bridgehead atoms. The van der Waals surface area contributed by atoms with E-state index < -0.39 is 10.0 Å². The van der Waals surface area contributed by atoms with Crippen LogP contribution in [0.3, 0.4) is 0 Å². The predicted molar refractivity (Wildman–Crippen MR) is 62.1 cm³/mol. The molecule has 0 spiro atoms. The summed E-state index contributed by atoms with van der Waals surface area (Å²) >= 11 is 0. The molecule has 0 fully saturated rings. The lowest BCUT2D eigenvalue weighted by molar-refractivity contribution is 0.473. The zero-order valence-corrected chi connectivity index (χ0v) is 9.86. The first-order valence-electron chi connectivity index (χ1n) is 4.85. The van der Waals surface area contributed by atoms with Gasteiger partial charge in [-0.2, -0.15) is 0 Å². The lowest BCUT2D eigenvalue weighted by Gasteiger charge is -2.06. The molecule has 6 heteroatoms. The minimum absolute atomic E-state index is 0.0324. The van der Waals surface area contributed by atoms with Gasteiger partial charge in [0, 0.05) is 0 Å². The van der Waals surface area contributed by atoms with Crippen LogP contribution >= 0.6 is 0 Å². The Bertz CT molecular complexity index is 617. The summed E-state index contributed by atoms with van der Waals surface area (Å²) in [4.78, 5) is 0.0733. The second-order valence-corrected chi connectivity index (χ2v) is 5.25. The van der Waals surface area contributed by atoms with Gasteiger partial charge in [0.1, 0.15) is 11.5 Å². The maximum absolute atomic E-state index is 11.6. The van der Waals surface area contributed by atoms with E-state index in [1.165, 1.54) is 31.5 Å². The molecule has 17 heavy (non-hydrogen) atoms. The second kappa shape index (κ2) is 4.23. The molecule has 0 unspecified atom stereocenters. The van der Waals surface area contributed by atoms with Crippen LogP contribution in [0, 0.1) is 0 Å². The fourth-order valence-electron chi connectivity index (χ4n) is 1.43. The molecule has 0 aliphatic heterocycles. The molecular weight excluding hydrogens is 242 g/mol. The number of hydrogen-bond donors (Lipinski definition) is 2. The first kappa shape index (κ1) is 11.7. The highest BCUT2D eigenvalue weighted by Gasteiger charge is 2.15. The lowest BCUT2D eigenvalue weighted by Crippen LogP contribution is -2.18. The fourth-order valence-corrected chi connectivity index (χ4v) is 2.19. The molecule has 0 aliphatic carbocycles. The van der Waals surface area contributed by atoms with Gasteiger partial charge in [-0.1, -0.05) is 0 Å². The number of benzene rings is 1. The van der Waals surface area contributed by atoms with Gasteiger partial charge in [-0.25, -0.2) is 13.1 Å². The van der Waals surface area contributed by atoms with Gasteiger partial charge in [-0.3, -0.25) is 0 Å². The summed E-state index contributed by atoms with van der Waals surface area (Å²) in [5, 5.41) is 9.67. The number of rotatable bonds is 3. The number of aromatic hydroxyl groups is 1. The van der Waals surface area contributed by atoms with Gasteiger partial charge in [-0.15, -0.1) is 0 Å². The average molecular weight is 253 g/mol. The Labute approximate surface area is 98.8 Å². The van der Waals surface area contributed by atoms with Gasteiger partial charge < -0.3 is 9.52 Å². The zero-order chi connectivity index (χ0) is 12.5. The zero-order valence-electron chi connectivity index (χ0n) is 9.04. The third-order valence-electron chi connectivity index (χ3n) is 2.33. The van der Waals surface area contributed by atoms with E-state index in [2.05, 4.69) is 4.72 Å². The molecule has 0 aliphatic rings. The van der Waals surface area contributed by atoms with E-state index in [9.17, 15) is 13.5 Å². The Morgan fingerprint density at radius 3 is 2.65 bits per heavy atom. The highest BCUT2D eigenvalue weighted by atomic mass is 32.2. The lowest BCUT2D eigenvalue weighted by atomic mass is 10.1. The number of phenols is 1. The van der Waals surface area contributed by atoms with Crippen molar-refractivity contribution in [3.05, 3.63) is 36.6 Å². The molecule has 0 amide bonds. The monoisotopic (exact) mass is 253 g/mol. The molecule has 0 atom stereocenters. The predicted octanol–water partition coefficient (Wildman–Crippen LogP) is 1.56. The van der Waals surface area contributed by atoms with Crippen molar-refractivity contribution in [1.29, 1.82) is 0 Å². The summed E-state index contributed by atoms with van der Waals surface area (Å²) in [6.07, 6.45) is 1.45. The molecule has 2 rings (SSSR count). The normalized spacial score (nSPS) is 11.6. The fraction of sp³-hybridized carbons (Fsp3) is 0.0909. The summed E-state index contributed by atoms with van der Waals surface area (Å²) in [6.45, 7) is 0. The quantitative estimate of drug-likeness (QED) is 0.870. The summed E-state index contributed by atoms with van der Waals surface area (Å²) in [6, 6.07) is 7.31. The number of phenolic OH excluding ortho intramolecular Hbond substituents is 1. The van der Waals surface area contributed by atoms with Gasteiger partial charge in [0.15, 0.2) is 0 Å². The highest BCUT2D eigenvalue weighted by Crippen LogP contribution is 2.31. The van der Waals surface area contributed by atoms with Gasteiger partial charge in [0.05, 0.1) is 16.7 Å². The number of nitrogens with one attached hydrogen (secondary N) is 1. The molecule has 2 aromatic rings. The van der Waals surface area contributed by atoms with Gasteiger partial charge in [-0.05, 0) is 37.4 Å². The van der Waals surface area contributed by atoms with Crippen molar-refractivity contribution in [2.24, 2.45) is 0 Å². The van der Waals surface area contributed by atoms with E-state index in [0.29, 0.717) is 11.3 Å². The third-order valence-corrected chi connectivity index (χ3v) is 3.75. The van der Waals surface area contributed by atoms with Crippen molar-refractivity contribution in [3.63, 3.8) is 0 Å². The highest BCUT2D eigenvalue weighted by molar-refractivity contribution is 7.89. The number of sulfonamides is 1. The van der Waals surface area contributed by atoms with Crippen molar-refractivity contribution >= 4 is 10.0 Å². The first-order chi connectivity index (χ1) is 8.04. The van der Waals surface area contributed by atoms with Crippen molar-refractivity contribution in [3.8, 4) is 17.1 Å². The molecule has 5 nitrogen and oxygen atoms in total. The van der Waals surface area contributed by atoms with E-state index in [4.69, 9.17) is 4.42 Å². The van der Waals surface area contributed by atoms with Crippen LogP contribution in [0.25, 0.3) is 11.3 Å². The smallest absolute Gasteiger partial charge is 0.240 e. The SMILES string of the molecule is CNS(=O)(=O)c1ccc(O)c(-c2ccco2)c1. The van der Waals surface area contributed by atoms with E-state index >= 15 is 0 Å². The van der Waals surface area contributed by atoms with Crippen LogP contribution in [0.1, 0.15) is 0 Å². The molecular formula is C11H11NO4S. The van der Waals surface area contributed by atoms with Gasteiger partial charge in [0.25, 0.3) is 0 Å². The Balaban J connectivity index is 2.59. The van der Waals surface area contributed by atoms with Crippen molar-refractivity contribution < 1.29 is 17.9 Å².